The number of aliphatic hydroxyl groups excluding tert-OH is 1. The normalized spacial score (nSPS) is 36.1. The van der Waals surface area contributed by atoms with Crippen molar-refractivity contribution in [3.63, 3.8) is 0 Å². The first-order valence-electron chi connectivity index (χ1n) is 4.16. The molecule has 4 nitrogen and oxygen atoms in total. The van der Waals surface area contributed by atoms with E-state index in [2.05, 4.69) is 4.74 Å². The minimum atomic E-state index is -0.453. The van der Waals surface area contributed by atoms with Crippen LogP contribution in [0, 0.1) is 5.92 Å². The van der Waals surface area contributed by atoms with E-state index in [1.807, 2.05) is 0 Å². The number of carbonyl (C=O) groups is 1. The largest absolute Gasteiger partial charge is 0.469 e. The van der Waals surface area contributed by atoms with Crippen molar-refractivity contribution in [2.45, 2.75) is 31.4 Å². The third kappa shape index (κ3) is 1.95. The number of hydrogen-bond acceptors (Lipinski definition) is 4. The van der Waals surface area contributed by atoms with Gasteiger partial charge in [0.15, 0.2) is 0 Å². The molecule has 3 unspecified atom stereocenters. The summed E-state index contributed by atoms with van der Waals surface area (Å²) in [6.45, 7) is 0. The lowest BCUT2D eigenvalue weighted by Gasteiger charge is -2.28. The van der Waals surface area contributed by atoms with E-state index in [1.165, 1.54) is 7.11 Å². The molecule has 1 fully saturated rings. The first-order chi connectivity index (χ1) is 5.65. The van der Waals surface area contributed by atoms with Crippen LogP contribution < -0.4 is 5.73 Å². The zero-order chi connectivity index (χ0) is 9.14. The van der Waals surface area contributed by atoms with Gasteiger partial charge in [-0.2, -0.15) is 0 Å². The molecule has 0 aliphatic heterocycles. The Morgan fingerprint density at radius 1 is 1.58 bits per heavy atom. The van der Waals surface area contributed by atoms with Gasteiger partial charge in [-0.1, -0.05) is 0 Å². The minimum Gasteiger partial charge on any atom is -0.469 e. The minimum absolute atomic E-state index is 0.117. The molecule has 1 rings (SSSR count). The zero-order valence-corrected chi connectivity index (χ0v) is 7.19. The number of carbonyl (C=O) groups excluding carboxylic acids is 1. The Bertz CT molecular complexity index is 172. The number of hydrogen-bond donors (Lipinski definition) is 2. The number of methoxy groups -OCH3 is 1. The van der Waals surface area contributed by atoms with E-state index in [9.17, 15) is 9.90 Å². The van der Waals surface area contributed by atoms with Gasteiger partial charge in [-0.25, -0.2) is 0 Å². The SMILES string of the molecule is COC(=O)C1CCC(O)C(N)C1. The molecule has 12 heavy (non-hydrogen) atoms. The van der Waals surface area contributed by atoms with Crippen LogP contribution in [-0.2, 0) is 9.53 Å². The summed E-state index contributed by atoms with van der Waals surface area (Å²) in [6.07, 6.45) is 1.36. The molecule has 1 aliphatic rings. The summed E-state index contributed by atoms with van der Waals surface area (Å²) in [6, 6.07) is -0.275. The van der Waals surface area contributed by atoms with Gasteiger partial charge in [-0.05, 0) is 19.3 Å². The average molecular weight is 173 g/mol. The Hall–Kier alpha value is -0.610. The molecule has 0 bridgehead atoms. The highest BCUT2D eigenvalue weighted by Gasteiger charge is 2.31. The predicted molar refractivity (Wildman–Crippen MR) is 43.3 cm³/mol. The molecule has 3 atom stereocenters. The monoisotopic (exact) mass is 173 g/mol. The van der Waals surface area contributed by atoms with Gasteiger partial charge in [-0.15, -0.1) is 0 Å². The topological polar surface area (TPSA) is 72.5 Å². The van der Waals surface area contributed by atoms with Crippen molar-refractivity contribution in [2.24, 2.45) is 11.7 Å². The van der Waals surface area contributed by atoms with Crippen LogP contribution in [0.4, 0.5) is 0 Å². The molecule has 0 aromatic heterocycles. The summed E-state index contributed by atoms with van der Waals surface area (Å²) in [4.78, 5) is 11.1. The second-order valence-corrected chi connectivity index (χ2v) is 3.26. The van der Waals surface area contributed by atoms with Crippen molar-refractivity contribution in [2.75, 3.05) is 7.11 Å². The summed E-state index contributed by atoms with van der Waals surface area (Å²) in [7, 11) is 1.37. The highest BCUT2D eigenvalue weighted by atomic mass is 16.5. The van der Waals surface area contributed by atoms with Crippen LogP contribution in [0.5, 0.6) is 0 Å². The van der Waals surface area contributed by atoms with Gasteiger partial charge in [0.25, 0.3) is 0 Å². The van der Waals surface area contributed by atoms with Gasteiger partial charge in [-0.3, -0.25) is 4.79 Å². The molecule has 0 amide bonds. The van der Waals surface area contributed by atoms with Gasteiger partial charge in [0.2, 0.25) is 0 Å². The molecular weight excluding hydrogens is 158 g/mol. The van der Waals surface area contributed by atoms with Gasteiger partial charge in [0.1, 0.15) is 0 Å². The standard InChI is InChI=1S/C8H15NO3/c1-12-8(11)5-2-3-7(10)6(9)4-5/h5-7,10H,2-4,9H2,1H3. The maximum absolute atomic E-state index is 11.1. The van der Waals surface area contributed by atoms with Crippen molar-refractivity contribution in [1.82, 2.24) is 0 Å². The summed E-state index contributed by atoms with van der Waals surface area (Å²) in [5, 5.41) is 9.27. The lowest BCUT2D eigenvalue weighted by atomic mass is 9.84. The zero-order valence-electron chi connectivity index (χ0n) is 7.19. The van der Waals surface area contributed by atoms with Crippen LogP contribution >= 0.6 is 0 Å². The van der Waals surface area contributed by atoms with Crippen LogP contribution in [0.25, 0.3) is 0 Å². The Morgan fingerprint density at radius 3 is 2.75 bits per heavy atom. The molecule has 70 valence electrons. The van der Waals surface area contributed by atoms with E-state index in [0.717, 1.165) is 0 Å². The Balaban J connectivity index is 2.45. The lowest BCUT2D eigenvalue weighted by Crippen LogP contribution is -2.42. The molecule has 0 heterocycles. The van der Waals surface area contributed by atoms with Crippen molar-refractivity contribution in [3.8, 4) is 0 Å². The maximum atomic E-state index is 11.1. The van der Waals surface area contributed by atoms with Crippen LogP contribution in [-0.4, -0.2) is 30.3 Å². The molecule has 3 N–H and O–H groups in total. The first-order valence-corrected chi connectivity index (χ1v) is 4.16. The molecule has 0 saturated heterocycles. The van der Waals surface area contributed by atoms with E-state index in [4.69, 9.17) is 5.73 Å². The molecule has 4 heteroatoms. The van der Waals surface area contributed by atoms with E-state index in [1.54, 1.807) is 0 Å². The third-order valence-corrected chi connectivity index (χ3v) is 2.40. The number of esters is 1. The van der Waals surface area contributed by atoms with Gasteiger partial charge in [0, 0.05) is 6.04 Å². The van der Waals surface area contributed by atoms with Gasteiger partial charge in [0.05, 0.1) is 19.1 Å². The molecule has 1 saturated carbocycles. The number of nitrogens with two attached hydrogens (primary N) is 1. The summed E-state index contributed by atoms with van der Waals surface area (Å²) in [5.41, 5.74) is 5.60. The predicted octanol–water partition coefficient (Wildman–Crippen LogP) is -0.352. The fraction of sp³-hybridized carbons (Fsp3) is 0.875. The van der Waals surface area contributed by atoms with Crippen molar-refractivity contribution in [1.29, 1.82) is 0 Å². The maximum Gasteiger partial charge on any atom is 0.308 e. The fourth-order valence-electron chi connectivity index (χ4n) is 1.57. The van der Waals surface area contributed by atoms with Crippen LogP contribution in [0.15, 0.2) is 0 Å². The second-order valence-electron chi connectivity index (χ2n) is 3.26. The van der Waals surface area contributed by atoms with Crippen molar-refractivity contribution >= 4 is 5.97 Å². The highest BCUT2D eigenvalue weighted by molar-refractivity contribution is 5.72. The Kier molecular flexibility index (Phi) is 3.05. The lowest BCUT2D eigenvalue weighted by molar-refractivity contribution is -0.147. The smallest absolute Gasteiger partial charge is 0.308 e. The van der Waals surface area contributed by atoms with E-state index in [-0.39, 0.29) is 17.9 Å². The number of ether oxygens (including phenoxy) is 1. The number of rotatable bonds is 1. The summed E-state index contributed by atoms with van der Waals surface area (Å²) < 4.78 is 4.60. The average Bonchev–Trinajstić information content (AvgIpc) is 2.08. The quantitative estimate of drug-likeness (QED) is 0.531. The van der Waals surface area contributed by atoms with Gasteiger partial charge < -0.3 is 15.6 Å². The Morgan fingerprint density at radius 2 is 2.25 bits per heavy atom. The number of aliphatic hydroxyl groups is 1. The first kappa shape index (κ1) is 9.48. The molecule has 0 spiro atoms. The summed E-state index contributed by atoms with van der Waals surface area (Å²) >= 11 is 0. The second kappa shape index (κ2) is 3.87. The van der Waals surface area contributed by atoms with Crippen molar-refractivity contribution in [3.05, 3.63) is 0 Å². The molecule has 1 aliphatic carbocycles. The fourth-order valence-corrected chi connectivity index (χ4v) is 1.57. The molecule has 0 aromatic rings. The van der Waals surface area contributed by atoms with Crippen LogP contribution in [0.1, 0.15) is 19.3 Å². The van der Waals surface area contributed by atoms with Gasteiger partial charge >= 0.3 is 5.97 Å². The van der Waals surface area contributed by atoms with Crippen molar-refractivity contribution < 1.29 is 14.6 Å². The molecule has 0 radical (unpaired) electrons. The molecule has 0 aromatic carbocycles. The van der Waals surface area contributed by atoms with Crippen LogP contribution in [0.3, 0.4) is 0 Å². The van der Waals surface area contributed by atoms with Crippen LogP contribution in [0.2, 0.25) is 0 Å². The highest BCUT2D eigenvalue weighted by Crippen LogP contribution is 2.24. The third-order valence-electron chi connectivity index (χ3n) is 2.40. The Labute approximate surface area is 71.7 Å². The summed E-state index contributed by atoms with van der Waals surface area (Å²) in [5.74, 6) is -0.328. The van der Waals surface area contributed by atoms with E-state index in [0.29, 0.717) is 19.3 Å². The van der Waals surface area contributed by atoms with E-state index >= 15 is 0 Å². The van der Waals surface area contributed by atoms with E-state index < -0.39 is 6.10 Å². The molecular formula is C8H15NO3.